The molecule has 0 heterocycles. The monoisotopic (exact) mass is 412 g/mol. The fourth-order valence-electron chi connectivity index (χ4n) is 1.88. The Morgan fingerprint density at radius 3 is 2.76 bits per heavy atom. The predicted molar refractivity (Wildman–Crippen MR) is 91.4 cm³/mol. The van der Waals surface area contributed by atoms with Crippen molar-refractivity contribution >= 4 is 49.1 Å². The number of benzene rings is 2. The molecule has 0 bridgehead atoms. The number of nitrogens with one attached hydrogen (secondary N) is 1. The van der Waals surface area contributed by atoms with Crippen LogP contribution >= 0.6 is 31.9 Å². The van der Waals surface area contributed by atoms with E-state index < -0.39 is 0 Å². The molecule has 0 aliphatic rings. The minimum Gasteiger partial charge on any atom is -0.398 e. The number of methoxy groups -OCH3 is 1. The molecule has 21 heavy (non-hydrogen) atoms. The molecule has 4 nitrogen and oxygen atoms in total. The first-order valence-corrected chi connectivity index (χ1v) is 7.74. The highest BCUT2D eigenvalue weighted by Gasteiger charge is 2.14. The zero-order valence-electron chi connectivity index (χ0n) is 11.3. The summed E-state index contributed by atoms with van der Waals surface area (Å²) < 4.78 is 6.84. The second kappa shape index (κ2) is 7.06. The van der Waals surface area contributed by atoms with E-state index in [0.29, 0.717) is 23.5 Å². The lowest BCUT2D eigenvalue weighted by Crippen LogP contribution is -2.15. The second-order valence-corrected chi connectivity index (χ2v) is 6.15. The van der Waals surface area contributed by atoms with Crippen LogP contribution in [0.15, 0.2) is 45.3 Å². The Morgan fingerprint density at radius 2 is 2.05 bits per heavy atom. The fourth-order valence-corrected chi connectivity index (χ4v) is 2.72. The van der Waals surface area contributed by atoms with Crippen molar-refractivity contribution in [3.05, 3.63) is 56.5 Å². The first-order chi connectivity index (χ1) is 10.0. The van der Waals surface area contributed by atoms with Crippen molar-refractivity contribution in [2.75, 3.05) is 18.2 Å². The molecule has 2 aromatic rings. The molecule has 1 amide bonds. The summed E-state index contributed by atoms with van der Waals surface area (Å²) in [6.07, 6.45) is 0. The number of hydrogen-bond acceptors (Lipinski definition) is 3. The van der Waals surface area contributed by atoms with E-state index in [0.717, 1.165) is 14.5 Å². The lowest BCUT2D eigenvalue weighted by atomic mass is 10.1. The van der Waals surface area contributed by atoms with Crippen LogP contribution < -0.4 is 11.1 Å². The van der Waals surface area contributed by atoms with Gasteiger partial charge in [0.05, 0.1) is 12.2 Å². The van der Waals surface area contributed by atoms with Gasteiger partial charge in [0, 0.05) is 33.0 Å². The number of ether oxygens (including phenoxy) is 1. The summed E-state index contributed by atoms with van der Waals surface area (Å²) >= 11 is 6.79. The lowest BCUT2D eigenvalue weighted by Gasteiger charge is -2.13. The Hall–Kier alpha value is -1.37. The van der Waals surface area contributed by atoms with Crippen molar-refractivity contribution in [2.24, 2.45) is 0 Å². The van der Waals surface area contributed by atoms with Gasteiger partial charge in [0.15, 0.2) is 0 Å². The molecule has 110 valence electrons. The minimum atomic E-state index is -0.260. The molecule has 2 aromatic carbocycles. The summed E-state index contributed by atoms with van der Waals surface area (Å²) in [5, 5.41) is 2.87. The molecular formula is C15H14Br2N2O2. The second-order valence-electron chi connectivity index (χ2n) is 4.38. The van der Waals surface area contributed by atoms with Gasteiger partial charge in [-0.1, -0.05) is 37.9 Å². The molecule has 0 fully saturated rings. The number of halogens is 2. The molecule has 6 heteroatoms. The third-order valence-electron chi connectivity index (χ3n) is 2.92. The van der Waals surface area contributed by atoms with Gasteiger partial charge in [-0.3, -0.25) is 4.79 Å². The van der Waals surface area contributed by atoms with Gasteiger partial charge in [-0.25, -0.2) is 0 Å². The summed E-state index contributed by atoms with van der Waals surface area (Å²) in [6.45, 7) is 0.394. The minimum absolute atomic E-state index is 0.260. The molecular weight excluding hydrogens is 400 g/mol. The maximum atomic E-state index is 12.4. The van der Waals surface area contributed by atoms with Crippen LogP contribution in [0, 0.1) is 0 Å². The van der Waals surface area contributed by atoms with Crippen LogP contribution in [0.25, 0.3) is 0 Å². The summed E-state index contributed by atoms with van der Waals surface area (Å²) in [4.78, 5) is 12.4. The van der Waals surface area contributed by atoms with Crippen LogP contribution in [0.3, 0.4) is 0 Å². The Labute approximate surface area is 139 Å². The zero-order valence-corrected chi connectivity index (χ0v) is 14.5. The Balaban J connectivity index is 2.31. The molecule has 0 aliphatic heterocycles. The van der Waals surface area contributed by atoms with Gasteiger partial charge in [0.1, 0.15) is 0 Å². The molecule has 0 unspecified atom stereocenters. The highest BCUT2D eigenvalue weighted by atomic mass is 79.9. The Kier molecular flexibility index (Phi) is 5.39. The average Bonchev–Trinajstić information content (AvgIpc) is 2.45. The van der Waals surface area contributed by atoms with Crippen LogP contribution in [0.5, 0.6) is 0 Å². The number of anilines is 2. The van der Waals surface area contributed by atoms with E-state index in [9.17, 15) is 4.79 Å². The van der Waals surface area contributed by atoms with Gasteiger partial charge >= 0.3 is 0 Å². The number of rotatable bonds is 4. The number of nitrogens with two attached hydrogens (primary N) is 1. The third kappa shape index (κ3) is 3.84. The van der Waals surface area contributed by atoms with Crippen LogP contribution in [-0.4, -0.2) is 13.0 Å². The van der Waals surface area contributed by atoms with E-state index in [1.54, 1.807) is 25.3 Å². The van der Waals surface area contributed by atoms with Crippen molar-refractivity contribution in [1.29, 1.82) is 0 Å². The highest BCUT2D eigenvalue weighted by molar-refractivity contribution is 9.10. The number of nitrogen functional groups attached to an aromatic ring is 1. The van der Waals surface area contributed by atoms with E-state index in [-0.39, 0.29) is 5.91 Å². The number of hydrogen-bond donors (Lipinski definition) is 2. The van der Waals surface area contributed by atoms with Crippen LogP contribution in [0.1, 0.15) is 15.9 Å². The quantitative estimate of drug-likeness (QED) is 0.738. The molecule has 0 atom stereocenters. The van der Waals surface area contributed by atoms with Gasteiger partial charge in [0.25, 0.3) is 5.91 Å². The van der Waals surface area contributed by atoms with Gasteiger partial charge in [0.2, 0.25) is 0 Å². The van der Waals surface area contributed by atoms with Crippen molar-refractivity contribution in [1.82, 2.24) is 0 Å². The van der Waals surface area contributed by atoms with E-state index >= 15 is 0 Å². The largest absolute Gasteiger partial charge is 0.398 e. The van der Waals surface area contributed by atoms with Crippen LogP contribution in [0.4, 0.5) is 11.4 Å². The van der Waals surface area contributed by atoms with E-state index in [4.69, 9.17) is 10.5 Å². The maximum absolute atomic E-state index is 12.4. The Bertz CT molecular complexity index is 675. The van der Waals surface area contributed by atoms with Crippen molar-refractivity contribution < 1.29 is 9.53 Å². The number of carbonyl (C=O) groups is 1. The summed E-state index contributed by atoms with van der Waals surface area (Å²) in [5.41, 5.74) is 8.28. The standard InChI is InChI=1S/C15H14Br2N2O2/c1-21-8-11-12(17)3-2-4-14(11)19-15(20)10-7-9(16)5-6-13(10)18/h2-7H,8,18H2,1H3,(H,19,20). The van der Waals surface area contributed by atoms with E-state index in [2.05, 4.69) is 37.2 Å². The molecule has 0 aliphatic carbocycles. The van der Waals surface area contributed by atoms with Crippen LogP contribution in [0.2, 0.25) is 0 Å². The third-order valence-corrected chi connectivity index (χ3v) is 4.15. The molecule has 0 saturated carbocycles. The SMILES string of the molecule is COCc1c(Br)cccc1NC(=O)c1cc(Br)ccc1N. The Morgan fingerprint density at radius 1 is 1.29 bits per heavy atom. The van der Waals surface area contributed by atoms with E-state index in [1.807, 2.05) is 18.2 Å². The molecule has 0 saturated heterocycles. The van der Waals surface area contributed by atoms with Crippen molar-refractivity contribution in [2.45, 2.75) is 6.61 Å². The summed E-state index contributed by atoms with van der Waals surface area (Å²) in [7, 11) is 1.61. The zero-order chi connectivity index (χ0) is 15.4. The van der Waals surface area contributed by atoms with Gasteiger partial charge in [-0.05, 0) is 30.3 Å². The maximum Gasteiger partial charge on any atom is 0.257 e. The molecule has 0 aromatic heterocycles. The van der Waals surface area contributed by atoms with Crippen molar-refractivity contribution in [3.8, 4) is 0 Å². The highest BCUT2D eigenvalue weighted by Crippen LogP contribution is 2.27. The average molecular weight is 414 g/mol. The fraction of sp³-hybridized carbons (Fsp3) is 0.133. The summed E-state index contributed by atoms with van der Waals surface area (Å²) in [5.74, 6) is -0.260. The number of carbonyl (C=O) groups excluding carboxylic acids is 1. The summed E-state index contributed by atoms with van der Waals surface area (Å²) in [6, 6.07) is 10.8. The van der Waals surface area contributed by atoms with Crippen molar-refractivity contribution in [3.63, 3.8) is 0 Å². The van der Waals surface area contributed by atoms with Gasteiger partial charge in [-0.2, -0.15) is 0 Å². The number of amides is 1. The first kappa shape index (κ1) is 16.0. The topological polar surface area (TPSA) is 64.3 Å². The molecule has 2 rings (SSSR count). The van der Waals surface area contributed by atoms with Gasteiger partial charge < -0.3 is 15.8 Å². The molecule has 0 radical (unpaired) electrons. The van der Waals surface area contributed by atoms with Gasteiger partial charge in [-0.15, -0.1) is 0 Å². The normalized spacial score (nSPS) is 10.4. The lowest BCUT2D eigenvalue weighted by molar-refractivity contribution is 0.102. The molecule has 0 spiro atoms. The smallest absolute Gasteiger partial charge is 0.257 e. The first-order valence-electron chi connectivity index (χ1n) is 6.15. The van der Waals surface area contributed by atoms with E-state index in [1.165, 1.54) is 0 Å². The predicted octanol–water partition coefficient (Wildman–Crippen LogP) is 4.19. The molecule has 3 N–H and O–H groups in total. The van der Waals surface area contributed by atoms with Crippen LogP contribution in [-0.2, 0) is 11.3 Å².